The highest BCUT2D eigenvalue weighted by atomic mass is 16.6. The summed E-state index contributed by atoms with van der Waals surface area (Å²) in [6, 6.07) is 4.82. The molecule has 0 aromatic heterocycles. The zero-order valence-electron chi connectivity index (χ0n) is 11.8. The summed E-state index contributed by atoms with van der Waals surface area (Å²) in [4.78, 5) is 10.2. The molecule has 0 unspecified atom stereocenters. The summed E-state index contributed by atoms with van der Waals surface area (Å²) in [6.45, 7) is 6.90. The average Bonchev–Trinajstić information content (AvgIpc) is 2.36. The third-order valence-electron chi connectivity index (χ3n) is 3.19. The predicted molar refractivity (Wildman–Crippen MR) is 76.4 cm³/mol. The molecule has 0 amide bonds. The molecule has 0 atom stereocenters. The van der Waals surface area contributed by atoms with E-state index in [9.17, 15) is 10.1 Å². The van der Waals surface area contributed by atoms with Crippen LogP contribution in [0.25, 0.3) is 0 Å². The molecule has 0 aliphatic heterocycles. The molecule has 0 bridgehead atoms. The highest BCUT2D eigenvalue weighted by Gasteiger charge is 2.15. The first-order chi connectivity index (χ1) is 8.85. The highest BCUT2D eigenvalue weighted by molar-refractivity contribution is 5.55. The molecular formula is C14H22N2O3. The van der Waals surface area contributed by atoms with Crippen LogP contribution in [-0.4, -0.2) is 23.2 Å². The number of nitrogens with zero attached hydrogens (tertiary/aromatic N) is 1. The Labute approximate surface area is 113 Å². The number of nitro groups is 1. The lowest BCUT2D eigenvalue weighted by molar-refractivity contribution is -0.384. The van der Waals surface area contributed by atoms with Crippen LogP contribution in [0.5, 0.6) is 0 Å². The van der Waals surface area contributed by atoms with Gasteiger partial charge in [0.15, 0.2) is 0 Å². The second-order valence-corrected chi connectivity index (χ2v) is 5.61. The van der Waals surface area contributed by atoms with Gasteiger partial charge in [-0.25, -0.2) is 0 Å². The second-order valence-electron chi connectivity index (χ2n) is 5.61. The standard InChI is InChI=1S/C14H22N2O3/c1-11-9-12(16(18)19)5-6-13(11)15-8-4-7-14(2,3)10-17/h5-6,9,15,17H,4,7-8,10H2,1-3H3. The molecule has 1 rings (SSSR count). The van der Waals surface area contributed by atoms with E-state index in [1.165, 1.54) is 6.07 Å². The molecule has 106 valence electrons. The van der Waals surface area contributed by atoms with E-state index in [4.69, 9.17) is 5.11 Å². The van der Waals surface area contributed by atoms with Crippen molar-refractivity contribution in [2.75, 3.05) is 18.5 Å². The van der Waals surface area contributed by atoms with Crippen molar-refractivity contribution in [3.8, 4) is 0 Å². The van der Waals surface area contributed by atoms with Crippen molar-refractivity contribution < 1.29 is 10.0 Å². The van der Waals surface area contributed by atoms with Crippen molar-refractivity contribution in [2.45, 2.75) is 33.6 Å². The lowest BCUT2D eigenvalue weighted by Crippen LogP contribution is -2.18. The fraction of sp³-hybridized carbons (Fsp3) is 0.571. The predicted octanol–water partition coefficient (Wildman–Crippen LogP) is 3.11. The van der Waals surface area contributed by atoms with Crippen molar-refractivity contribution in [3.63, 3.8) is 0 Å². The van der Waals surface area contributed by atoms with Crippen LogP contribution in [0.2, 0.25) is 0 Å². The third kappa shape index (κ3) is 4.87. The van der Waals surface area contributed by atoms with Crippen molar-refractivity contribution in [2.24, 2.45) is 5.41 Å². The topological polar surface area (TPSA) is 75.4 Å². The van der Waals surface area contributed by atoms with E-state index < -0.39 is 0 Å². The van der Waals surface area contributed by atoms with Crippen LogP contribution in [0.4, 0.5) is 11.4 Å². The number of non-ortho nitro benzene ring substituents is 1. The normalized spacial score (nSPS) is 11.4. The number of aliphatic hydroxyl groups is 1. The Balaban J connectivity index is 2.48. The monoisotopic (exact) mass is 266 g/mol. The molecular weight excluding hydrogens is 244 g/mol. The maximum Gasteiger partial charge on any atom is 0.269 e. The molecule has 0 radical (unpaired) electrons. The largest absolute Gasteiger partial charge is 0.396 e. The van der Waals surface area contributed by atoms with Crippen LogP contribution in [0.15, 0.2) is 18.2 Å². The molecule has 5 heteroatoms. The number of nitrogens with one attached hydrogen (secondary N) is 1. The molecule has 1 aromatic rings. The van der Waals surface area contributed by atoms with Gasteiger partial charge in [-0.05, 0) is 36.8 Å². The summed E-state index contributed by atoms with van der Waals surface area (Å²) < 4.78 is 0. The molecule has 19 heavy (non-hydrogen) atoms. The van der Waals surface area contributed by atoms with Gasteiger partial charge >= 0.3 is 0 Å². The van der Waals surface area contributed by atoms with E-state index in [0.29, 0.717) is 0 Å². The van der Waals surface area contributed by atoms with E-state index in [1.807, 2.05) is 20.8 Å². The lowest BCUT2D eigenvalue weighted by atomic mass is 9.89. The third-order valence-corrected chi connectivity index (χ3v) is 3.19. The highest BCUT2D eigenvalue weighted by Crippen LogP contribution is 2.23. The number of benzene rings is 1. The maximum atomic E-state index is 10.6. The van der Waals surface area contributed by atoms with Crippen LogP contribution in [0.1, 0.15) is 32.3 Å². The molecule has 0 saturated heterocycles. The Hall–Kier alpha value is -1.62. The summed E-state index contributed by atoms with van der Waals surface area (Å²) in [5, 5.41) is 23.1. The summed E-state index contributed by atoms with van der Waals surface area (Å²) in [5.41, 5.74) is 1.86. The molecule has 0 aliphatic carbocycles. The Morgan fingerprint density at radius 1 is 1.42 bits per heavy atom. The first kappa shape index (κ1) is 15.4. The molecule has 0 aliphatic rings. The minimum atomic E-state index is -0.388. The number of aliphatic hydroxyl groups excluding tert-OH is 1. The van der Waals surface area contributed by atoms with Crippen molar-refractivity contribution >= 4 is 11.4 Å². The second kappa shape index (κ2) is 6.52. The van der Waals surface area contributed by atoms with Crippen LogP contribution in [0, 0.1) is 22.5 Å². The molecule has 2 N–H and O–H groups in total. The van der Waals surface area contributed by atoms with Crippen LogP contribution >= 0.6 is 0 Å². The van der Waals surface area contributed by atoms with Crippen LogP contribution in [-0.2, 0) is 0 Å². The van der Waals surface area contributed by atoms with Gasteiger partial charge in [-0.3, -0.25) is 10.1 Å². The summed E-state index contributed by atoms with van der Waals surface area (Å²) in [7, 11) is 0. The van der Waals surface area contributed by atoms with Gasteiger partial charge < -0.3 is 10.4 Å². The number of anilines is 1. The fourth-order valence-corrected chi connectivity index (χ4v) is 1.83. The van der Waals surface area contributed by atoms with E-state index in [0.717, 1.165) is 30.6 Å². The minimum Gasteiger partial charge on any atom is -0.396 e. The van der Waals surface area contributed by atoms with Gasteiger partial charge in [0.1, 0.15) is 0 Å². The van der Waals surface area contributed by atoms with Gasteiger partial charge in [0.05, 0.1) is 4.92 Å². The van der Waals surface area contributed by atoms with Gasteiger partial charge in [-0.15, -0.1) is 0 Å². The molecule has 0 spiro atoms. The Morgan fingerprint density at radius 3 is 2.63 bits per heavy atom. The maximum absolute atomic E-state index is 10.6. The van der Waals surface area contributed by atoms with Crippen LogP contribution < -0.4 is 5.32 Å². The quantitative estimate of drug-likeness (QED) is 0.451. The van der Waals surface area contributed by atoms with Gasteiger partial charge in [-0.2, -0.15) is 0 Å². The van der Waals surface area contributed by atoms with E-state index in [2.05, 4.69) is 5.32 Å². The van der Waals surface area contributed by atoms with E-state index in [1.54, 1.807) is 12.1 Å². The lowest BCUT2D eigenvalue weighted by Gasteiger charge is -2.21. The fourth-order valence-electron chi connectivity index (χ4n) is 1.83. The summed E-state index contributed by atoms with van der Waals surface area (Å²) in [6.07, 6.45) is 1.88. The number of aryl methyl sites for hydroxylation is 1. The molecule has 1 aromatic carbocycles. The number of hydrogen-bond donors (Lipinski definition) is 2. The van der Waals surface area contributed by atoms with Crippen molar-refractivity contribution in [3.05, 3.63) is 33.9 Å². The number of rotatable bonds is 7. The summed E-state index contributed by atoms with van der Waals surface area (Å²) in [5.74, 6) is 0. The molecule has 5 nitrogen and oxygen atoms in total. The van der Waals surface area contributed by atoms with E-state index >= 15 is 0 Å². The van der Waals surface area contributed by atoms with Crippen LogP contribution in [0.3, 0.4) is 0 Å². The van der Waals surface area contributed by atoms with Gasteiger partial charge in [0.2, 0.25) is 0 Å². The SMILES string of the molecule is Cc1cc([N+](=O)[O-])ccc1NCCCC(C)(C)CO. The Morgan fingerprint density at radius 2 is 2.11 bits per heavy atom. The van der Waals surface area contributed by atoms with Crippen molar-refractivity contribution in [1.29, 1.82) is 0 Å². The Bertz CT molecular complexity index is 444. The Kier molecular flexibility index (Phi) is 5.30. The van der Waals surface area contributed by atoms with Gasteiger partial charge in [0, 0.05) is 31.0 Å². The summed E-state index contributed by atoms with van der Waals surface area (Å²) >= 11 is 0. The number of hydrogen-bond acceptors (Lipinski definition) is 4. The molecule has 0 heterocycles. The zero-order chi connectivity index (χ0) is 14.5. The number of nitro benzene ring substituents is 1. The van der Waals surface area contributed by atoms with Gasteiger partial charge in [0.25, 0.3) is 5.69 Å². The van der Waals surface area contributed by atoms with Gasteiger partial charge in [-0.1, -0.05) is 13.8 Å². The minimum absolute atomic E-state index is 0.0494. The molecule has 0 saturated carbocycles. The smallest absolute Gasteiger partial charge is 0.269 e. The van der Waals surface area contributed by atoms with E-state index in [-0.39, 0.29) is 22.6 Å². The zero-order valence-corrected chi connectivity index (χ0v) is 11.8. The average molecular weight is 266 g/mol. The van der Waals surface area contributed by atoms with Crippen molar-refractivity contribution in [1.82, 2.24) is 0 Å². The first-order valence-electron chi connectivity index (χ1n) is 6.45. The first-order valence-corrected chi connectivity index (χ1v) is 6.45. The molecule has 0 fully saturated rings.